The highest BCUT2D eigenvalue weighted by atomic mass is 32.1. The first-order valence-corrected chi connectivity index (χ1v) is 6.87. The number of benzene rings is 1. The number of nitrogens with one attached hydrogen (secondary N) is 2. The van der Waals surface area contributed by atoms with E-state index in [1.54, 1.807) is 6.07 Å². The van der Waals surface area contributed by atoms with Gasteiger partial charge in [0.05, 0.1) is 17.2 Å². The van der Waals surface area contributed by atoms with Crippen LogP contribution in [0.4, 0.5) is 21.5 Å². The lowest BCUT2D eigenvalue weighted by Gasteiger charge is -2.08. The number of nitro benzene ring substituents is 1. The molecule has 2 rings (SSSR count). The molecule has 0 fully saturated rings. The summed E-state index contributed by atoms with van der Waals surface area (Å²) in [6, 6.07) is 5.40. The van der Waals surface area contributed by atoms with Gasteiger partial charge in [-0.1, -0.05) is 0 Å². The number of amides is 1. The summed E-state index contributed by atoms with van der Waals surface area (Å²) in [7, 11) is 0. The molecule has 1 aromatic heterocycles. The number of halogens is 1. The van der Waals surface area contributed by atoms with Crippen LogP contribution in [0.15, 0.2) is 29.6 Å². The standard InChI is InChI=1S/C13H12FN3O3S/c1-8(18)16-11-4-5-21-13(11)7-15-9-2-3-12(17(19)20)10(14)6-9/h2-6,15H,7H2,1H3,(H,16,18). The zero-order valence-corrected chi connectivity index (χ0v) is 11.9. The molecule has 0 aliphatic carbocycles. The van der Waals surface area contributed by atoms with Gasteiger partial charge in [-0.2, -0.15) is 4.39 Å². The zero-order valence-electron chi connectivity index (χ0n) is 11.1. The number of carbonyl (C=O) groups is 1. The van der Waals surface area contributed by atoms with E-state index in [9.17, 15) is 19.3 Å². The first kappa shape index (κ1) is 14.9. The Kier molecular flexibility index (Phi) is 4.49. The average Bonchev–Trinajstić information content (AvgIpc) is 2.82. The van der Waals surface area contributed by atoms with E-state index in [0.29, 0.717) is 17.9 Å². The molecule has 2 N–H and O–H groups in total. The number of rotatable bonds is 5. The topological polar surface area (TPSA) is 84.3 Å². The molecule has 0 saturated carbocycles. The van der Waals surface area contributed by atoms with E-state index in [2.05, 4.69) is 10.6 Å². The van der Waals surface area contributed by atoms with Gasteiger partial charge in [-0.15, -0.1) is 11.3 Å². The summed E-state index contributed by atoms with van der Waals surface area (Å²) in [5.74, 6) is -1.06. The van der Waals surface area contributed by atoms with Gasteiger partial charge >= 0.3 is 5.69 Å². The molecule has 8 heteroatoms. The molecule has 0 spiro atoms. The molecule has 1 aromatic carbocycles. The van der Waals surface area contributed by atoms with E-state index in [0.717, 1.165) is 17.0 Å². The van der Waals surface area contributed by atoms with Crippen molar-refractivity contribution >= 4 is 34.3 Å². The minimum Gasteiger partial charge on any atom is -0.380 e. The second-order valence-corrected chi connectivity index (χ2v) is 5.22. The van der Waals surface area contributed by atoms with Gasteiger partial charge in [-0.25, -0.2) is 0 Å². The van der Waals surface area contributed by atoms with Gasteiger partial charge in [-0.05, 0) is 17.5 Å². The van der Waals surface area contributed by atoms with Gasteiger partial charge in [0.1, 0.15) is 0 Å². The fraction of sp³-hybridized carbons (Fsp3) is 0.154. The smallest absolute Gasteiger partial charge is 0.304 e. The van der Waals surface area contributed by atoms with E-state index in [-0.39, 0.29) is 5.91 Å². The predicted octanol–water partition coefficient (Wildman–Crippen LogP) is 3.37. The van der Waals surface area contributed by atoms with E-state index < -0.39 is 16.4 Å². The number of thiophene rings is 1. The van der Waals surface area contributed by atoms with Gasteiger partial charge < -0.3 is 10.6 Å². The molecular weight excluding hydrogens is 297 g/mol. The largest absolute Gasteiger partial charge is 0.380 e. The van der Waals surface area contributed by atoms with Crippen LogP contribution in [0.5, 0.6) is 0 Å². The Hall–Kier alpha value is -2.48. The van der Waals surface area contributed by atoms with Crippen molar-refractivity contribution in [2.75, 3.05) is 10.6 Å². The summed E-state index contributed by atoms with van der Waals surface area (Å²) in [5.41, 5.74) is 0.568. The van der Waals surface area contributed by atoms with E-state index in [4.69, 9.17) is 0 Å². The molecule has 21 heavy (non-hydrogen) atoms. The molecule has 0 radical (unpaired) electrons. The Morgan fingerprint density at radius 1 is 1.43 bits per heavy atom. The minimum absolute atomic E-state index is 0.170. The molecule has 0 atom stereocenters. The maximum atomic E-state index is 13.5. The summed E-state index contributed by atoms with van der Waals surface area (Å²) in [6.45, 7) is 1.80. The van der Waals surface area contributed by atoms with Crippen LogP contribution in [0.25, 0.3) is 0 Å². The maximum Gasteiger partial charge on any atom is 0.304 e. The van der Waals surface area contributed by atoms with E-state index >= 15 is 0 Å². The summed E-state index contributed by atoms with van der Waals surface area (Å²) < 4.78 is 13.5. The number of hydrogen-bond acceptors (Lipinski definition) is 5. The molecule has 110 valence electrons. The maximum absolute atomic E-state index is 13.5. The lowest BCUT2D eigenvalue weighted by Crippen LogP contribution is -2.08. The van der Waals surface area contributed by atoms with Crippen LogP contribution < -0.4 is 10.6 Å². The average molecular weight is 309 g/mol. The third kappa shape index (κ3) is 3.76. The van der Waals surface area contributed by atoms with Crippen molar-refractivity contribution in [3.05, 3.63) is 50.5 Å². The molecule has 0 aliphatic rings. The van der Waals surface area contributed by atoms with Gasteiger partial charge in [0, 0.05) is 29.6 Å². The highest BCUT2D eigenvalue weighted by Crippen LogP contribution is 2.25. The zero-order chi connectivity index (χ0) is 15.4. The van der Waals surface area contributed by atoms with Crippen LogP contribution in [0.1, 0.15) is 11.8 Å². The first-order chi connectivity index (χ1) is 9.97. The van der Waals surface area contributed by atoms with Crippen molar-refractivity contribution in [1.29, 1.82) is 0 Å². The van der Waals surface area contributed by atoms with Crippen molar-refractivity contribution in [3.8, 4) is 0 Å². The second kappa shape index (κ2) is 6.31. The van der Waals surface area contributed by atoms with Crippen molar-refractivity contribution in [1.82, 2.24) is 0 Å². The van der Waals surface area contributed by atoms with Crippen LogP contribution in [-0.2, 0) is 11.3 Å². The fourth-order valence-corrected chi connectivity index (χ4v) is 2.50. The lowest BCUT2D eigenvalue weighted by atomic mass is 10.2. The number of anilines is 2. The summed E-state index contributed by atoms with van der Waals surface area (Å²) in [5, 5.41) is 18.0. The molecule has 0 aliphatic heterocycles. The van der Waals surface area contributed by atoms with Crippen molar-refractivity contribution in [3.63, 3.8) is 0 Å². The highest BCUT2D eigenvalue weighted by Gasteiger charge is 2.14. The summed E-state index contributed by atoms with van der Waals surface area (Å²) >= 11 is 1.44. The Morgan fingerprint density at radius 3 is 2.81 bits per heavy atom. The molecule has 0 unspecified atom stereocenters. The minimum atomic E-state index is -0.890. The molecule has 0 bridgehead atoms. The molecule has 2 aromatic rings. The predicted molar refractivity (Wildman–Crippen MR) is 79.0 cm³/mol. The highest BCUT2D eigenvalue weighted by molar-refractivity contribution is 7.10. The Balaban J connectivity index is 2.07. The summed E-state index contributed by atoms with van der Waals surface area (Å²) in [4.78, 5) is 21.7. The Morgan fingerprint density at radius 2 is 2.19 bits per heavy atom. The van der Waals surface area contributed by atoms with Crippen LogP contribution in [-0.4, -0.2) is 10.8 Å². The molecule has 1 heterocycles. The van der Waals surface area contributed by atoms with Gasteiger partial charge in [-0.3, -0.25) is 14.9 Å². The molecule has 6 nitrogen and oxygen atoms in total. The first-order valence-electron chi connectivity index (χ1n) is 5.99. The van der Waals surface area contributed by atoms with E-state index in [1.807, 2.05) is 5.38 Å². The van der Waals surface area contributed by atoms with Gasteiger partial charge in [0.2, 0.25) is 11.7 Å². The van der Waals surface area contributed by atoms with Gasteiger partial charge in [0.15, 0.2) is 0 Å². The lowest BCUT2D eigenvalue weighted by molar-refractivity contribution is -0.387. The third-order valence-electron chi connectivity index (χ3n) is 2.65. The van der Waals surface area contributed by atoms with Crippen molar-refractivity contribution in [2.45, 2.75) is 13.5 Å². The number of nitro groups is 1. The Labute approximate surface area is 123 Å². The molecule has 0 saturated heterocycles. The van der Waals surface area contributed by atoms with Crippen LogP contribution in [0, 0.1) is 15.9 Å². The van der Waals surface area contributed by atoms with Crippen molar-refractivity contribution < 1.29 is 14.1 Å². The SMILES string of the molecule is CC(=O)Nc1ccsc1CNc1ccc([N+](=O)[O-])c(F)c1. The monoisotopic (exact) mass is 309 g/mol. The number of carbonyl (C=O) groups excluding carboxylic acids is 1. The third-order valence-corrected chi connectivity index (χ3v) is 3.57. The Bertz CT molecular complexity index is 687. The van der Waals surface area contributed by atoms with E-state index in [1.165, 1.54) is 24.3 Å². The fourth-order valence-electron chi connectivity index (χ4n) is 1.73. The number of nitrogens with zero attached hydrogens (tertiary/aromatic N) is 1. The van der Waals surface area contributed by atoms with Gasteiger partial charge in [0.25, 0.3) is 0 Å². The van der Waals surface area contributed by atoms with Crippen LogP contribution in [0.3, 0.4) is 0 Å². The number of hydrogen-bond donors (Lipinski definition) is 2. The van der Waals surface area contributed by atoms with Crippen LogP contribution in [0.2, 0.25) is 0 Å². The van der Waals surface area contributed by atoms with Crippen molar-refractivity contribution in [2.24, 2.45) is 0 Å². The molecular formula is C13H12FN3O3S. The van der Waals surface area contributed by atoms with Crippen LogP contribution >= 0.6 is 11.3 Å². The molecule has 1 amide bonds. The quantitative estimate of drug-likeness (QED) is 0.655. The summed E-state index contributed by atoms with van der Waals surface area (Å²) in [6.07, 6.45) is 0. The second-order valence-electron chi connectivity index (χ2n) is 4.22. The normalized spacial score (nSPS) is 10.2.